The molecule has 1 aromatic carbocycles. The summed E-state index contributed by atoms with van der Waals surface area (Å²) in [6.07, 6.45) is 2.54. The van der Waals surface area contributed by atoms with Crippen LogP contribution in [0.3, 0.4) is 0 Å². The number of likely N-dealkylation sites (tertiary alicyclic amines) is 1. The molecular formula is C21H28N4O3. The molecule has 1 amide bonds. The number of piperidine rings is 1. The van der Waals surface area contributed by atoms with Crippen LogP contribution in [0, 0.1) is 13.8 Å². The summed E-state index contributed by atoms with van der Waals surface area (Å²) in [5.41, 5.74) is 3.10. The average molecular weight is 384 g/mol. The van der Waals surface area contributed by atoms with E-state index in [4.69, 9.17) is 9.47 Å². The minimum absolute atomic E-state index is 0.196. The second kappa shape index (κ2) is 8.12. The molecule has 0 saturated carbocycles. The number of nitrogens with zero attached hydrogens (tertiary/aromatic N) is 3. The highest BCUT2D eigenvalue weighted by Gasteiger charge is 2.24. The smallest absolute Gasteiger partial charge is 0.224 e. The second-order valence-electron chi connectivity index (χ2n) is 7.58. The van der Waals surface area contributed by atoms with Gasteiger partial charge >= 0.3 is 0 Å². The van der Waals surface area contributed by atoms with E-state index in [2.05, 4.69) is 10.4 Å². The van der Waals surface area contributed by atoms with Gasteiger partial charge in [0.1, 0.15) is 13.2 Å². The number of hydrogen-bond donors (Lipinski definition) is 1. The molecule has 3 heterocycles. The van der Waals surface area contributed by atoms with Gasteiger partial charge < -0.3 is 19.7 Å². The van der Waals surface area contributed by atoms with Gasteiger partial charge in [-0.3, -0.25) is 9.48 Å². The zero-order valence-electron chi connectivity index (χ0n) is 16.6. The van der Waals surface area contributed by atoms with E-state index in [0.29, 0.717) is 26.2 Å². The molecule has 150 valence electrons. The second-order valence-corrected chi connectivity index (χ2v) is 7.58. The molecule has 1 aromatic heterocycles. The van der Waals surface area contributed by atoms with E-state index in [1.54, 1.807) is 0 Å². The van der Waals surface area contributed by atoms with Crippen molar-refractivity contribution in [1.29, 1.82) is 0 Å². The lowest BCUT2D eigenvalue weighted by molar-refractivity contribution is -0.132. The Balaban J connectivity index is 1.32. The first-order chi connectivity index (χ1) is 13.6. The molecular weight excluding hydrogens is 356 g/mol. The first-order valence-electron chi connectivity index (χ1n) is 10.0. The quantitative estimate of drug-likeness (QED) is 0.859. The van der Waals surface area contributed by atoms with Crippen LogP contribution in [-0.2, 0) is 11.3 Å². The van der Waals surface area contributed by atoms with Crippen molar-refractivity contribution in [3.8, 4) is 11.5 Å². The third kappa shape index (κ3) is 4.24. The average Bonchev–Trinajstić information content (AvgIpc) is 3.03. The van der Waals surface area contributed by atoms with E-state index in [9.17, 15) is 4.79 Å². The number of fused-ring (bicyclic) bond motifs is 1. The van der Waals surface area contributed by atoms with Gasteiger partial charge in [0, 0.05) is 49.5 Å². The van der Waals surface area contributed by atoms with Crippen LogP contribution in [0.2, 0.25) is 0 Å². The molecule has 1 atom stereocenters. The predicted molar refractivity (Wildman–Crippen MR) is 107 cm³/mol. The number of rotatable bonds is 5. The summed E-state index contributed by atoms with van der Waals surface area (Å²) in [5, 5.41) is 8.00. The minimum Gasteiger partial charge on any atom is -0.486 e. The number of carbonyl (C=O) groups is 1. The number of nitrogens with one attached hydrogen (secondary N) is 1. The summed E-state index contributed by atoms with van der Waals surface area (Å²) < 4.78 is 13.2. The Labute approximate surface area is 165 Å². The van der Waals surface area contributed by atoms with E-state index < -0.39 is 0 Å². The molecule has 1 unspecified atom stereocenters. The Bertz CT molecular complexity index is 848. The van der Waals surface area contributed by atoms with E-state index in [-0.39, 0.29) is 11.9 Å². The maximum atomic E-state index is 12.7. The molecule has 0 aliphatic carbocycles. The van der Waals surface area contributed by atoms with E-state index in [1.165, 1.54) is 0 Å². The van der Waals surface area contributed by atoms with Gasteiger partial charge in [-0.25, -0.2) is 0 Å². The van der Waals surface area contributed by atoms with Crippen molar-refractivity contribution in [1.82, 2.24) is 14.7 Å². The van der Waals surface area contributed by atoms with Crippen molar-refractivity contribution in [2.45, 2.75) is 45.7 Å². The Kier molecular flexibility index (Phi) is 5.41. The molecule has 1 saturated heterocycles. The van der Waals surface area contributed by atoms with Gasteiger partial charge in [0.25, 0.3) is 0 Å². The van der Waals surface area contributed by atoms with Crippen molar-refractivity contribution in [3.05, 3.63) is 35.7 Å². The fourth-order valence-corrected chi connectivity index (χ4v) is 3.95. The summed E-state index contributed by atoms with van der Waals surface area (Å²) >= 11 is 0. The van der Waals surface area contributed by atoms with Crippen molar-refractivity contribution in [3.63, 3.8) is 0 Å². The summed E-state index contributed by atoms with van der Waals surface area (Å²) in [4.78, 5) is 14.7. The zero-order valence-corrected chi connectivity index (χ0v) is 16.6. The lowest BCUT2D eigenvalue weighted by Gasteiger charge is -2.34. The SMILES string of the molecule is Cc1cc(C)n(CCC(=O)N2CCCC(Nc3ccc4c(c3)OCCO4)C2)n1. The first-order valence-corrected chi connectivity index (χ1v) is 10.0. The monoisotopic (exact) mass is 384 g/mol. The molecule has 4 rings (SSSR count). The summed E-state index contributed by atoms with van der Waals surface area (Å²) in [6, 6.07) is 8.22. The van der Waals surface area contributed by atoms with Crippen molar-refractivity contribution in [2.24, 2.45) is 0 Å². The molecule has 28 heavy (non-hydrogen) atoms. The summed E-state index contributed by atoms with van der Waals surface area (Å²) in [5.74, 6) is 1.77. The standard InChI is InChI=1S/C21H28N4O3/c1-15-12-16(2)25(23-15)9-7-21(26)24-8-3-4-18(14-24)22-17-5-6-19-20(13-17)28-11-10-27-19/h5-6,12-13,18,22H,3-4,7-11,14H2,1-2H3. The summed E-state index contributed by atoms with van der Waals surface area (Å²) in [6.45, 7) is 7.37. The number of anilines is 1. The highest BCUT2D eigenvalue weighted by molar-refractivity contribution is 5.76. The van der Waals surface area contributed by atoms with E-state index in [0.717, 1.165) is 54.5 Å². The van der Waals surface area contributed by atoms with E-state index >= 15 is 0 Å². The highest BCUT2D eigenvalue weighted by atomic mass is 16.6. The Morgan fingerprint density at radius 2 is 2.04 bits per heavy atom. The Morgan fingerprint density at radius 3 is 2.82 bits per heavy atom. The molecule has 0 radical (unpaired) electrons. The number of aryl methyl sites for hydroxylation is 3. The number of benzene rings is 1. The van der Waals surface area contributed by atoms with Gasteiger partial charge in [-0.15, -0.1) is 0 Å². The van der Waals surface area contributed by atoms with Crippen LogP contribution in [-0.4, -0.2) is 52.9 Å². The fraction of sp³-hybridized carbons (Fsp3) is 0.524. The lowest BCUT2D eigenvalue weighted by Crippen LogP contribution is -2.45. The predicted octanol–water partition coefficient (Wildman–Crippen LogP) is 2.76. The molecule has 1 N–H and O–H groups in total. The normalized spacial score (nSPS) is 18.8. The van der Waals surface area contributed by atoms with Gasteiger partial charge in [-0.05, 0) is 44.9 Å². The maximum absolute atomic E-state index is 12.7. The largest absolute Gasteiger partial charge is 0.486 e. The van der Waals surface area contributed by atoms with Crippen LogP contribution >= 0.6 is 0 Å². The summed E-state index contributed by atoms with van der Waals surface area (Å²) in [7, 11) is 0. The van der Waals surface area contributed by atoms with Crippen molar-refractivity contribution >= 4 is 11.6 Å². The number of aromatic nitrogens is 2. The number of amides is 1. The molecule has 2 aliphatic rings. The van der Waals surface area contributed by atoms with Gasteiger partial charge in [0.15, 0.2) is 11.5 Å². The van der Waals surface area contributed by atoms with Crippen molar-refractivity contribution in [2.75, 3.05) is 31.6 Å². The molecule has 2 aliphatic heterocycles. The highest BCUT2D eigenvalue weighted by Crippen LogP contribution is 2.33. The van der Waals surface area contributed by atoms with Crippen molar-refractivity contribution < 1.29 is 14.3 Å². The topological polar surface area (TPSA) is 68.6 Å². The number of carbonyl (C=O) groups excluding carboxylic acids is 1. The zero-order chi connectivity index (χ0) is 19.5. The minimum atomic E-state index is 0.196. The van der Waals surface area contributed by atoms with Crippen LogP contribution in [0.5, 0.6) is 11.5 Å². The Hall–Kier alpha value is -2.70. The third-order valence-electron chi connectivity index (χ3n) is 5.33. The molecule has 7 nitrogen and oxygen atoms in total. The molecule has 1 fully saturated rings. The van der Waals surface area contributed by atoms with Gasteiger partial charge in [-0.1, -0.05) is 0 Å². The molecule has 0 spiro atoms. The van der Waals surface area contributed by atoms with Gasteiger partial charge in [-0.2, -0.15) is 5.10 Å². The lowest BCUT2D eigenvalue weighted by atomic mass is 10.0. The Morgan fingerprint density at radius 1 is 1.21 bits per heavy atom. The van der Waals surface area contributed by atoms with E-state index in [1.807, 2.05) is 47.7 Å². The third-order valence-corrected chi connectivity index (χ3v) is 5.33. The fourth-order valence-electron chi connectivity index (χ4n) is 3.95. The molecule has 7 heteroatoms. The number of hydrogen-bond acceptors (Lipinski definition) is 5. The van der Waals surface area contributed by atoms with Gasteiger partial charge in [0.2, 0.25) is 5.91 Å². The van der Waals surface area contributed by atoms with Crippen LogP contribution in [0.25, 0.3) is 0 Å². The van der Waals surface area contributed by atoms with Crippen LogP contribution in [0.1, 0.15) is 30.7 Å². The molecule has 2 aromatic rings. The van der Waals surface area contributed by atoms with Gasteiger partial charge in [0.05, 0.1) is 5.69 Å². The van der Waals surface area contributed by atoms with Crippen LogP contribution < -0.4 is 14.8 Å². The van der Waals surface area contributed by atoms with Crippen LogP contribution in [0.4, 0.5) is 5.69 Å². The van der Waals surface area contributed by atoms with Crippen LogP contribution in [0.15, 0.2) is 24.3 Å². The maximum Gasteiger partial charge on any atom is 0.224 e. The number of ether oxygens (including phenoxy) is 2. The first kappa shape index (κ1) is 18.7. The molecule has 0 bridgehead atoms.